The third-order valence-corrected chi connectivity index (χ3v) is 4.52. The summed E-state index contributed by atoms with van der Waals surface area (Å²) in [5, 5.41) is 14.5. The summed E-state index contributed by atoms with van der Waals surface area (Å²) >= 11 is 0. The highest BCUT2D eigenvalue weighted by atomic mass is 19.1. The average molecular weight is 388 g/mol. The average Bonchev–Trinajstić information content (AvgIpc) is 2.70. The molecule has 0 bridgehead atoms. The summed E-state index contributed by atoms with van der Waals surface area (Å²) in [5.41, 5.74) is 0.986. The van der Waals surface area contributed by atoms with E-state index in [4.69, 9.17) is 4.74 Å². The number of ether oxygens (including phenoxy) is 1. The van der Waals surface area contributed by atoms with E-state index < -0.39 is 30.5 Å². The van der Waals surface area contributed by atoms with Crippen molar-refractivity contribution in [3.8, 4) is 0 Å². The summed E-state index contributed by atoms with van der Waals surface area (Å²) in [6.45, 7) is 3.24. The van der Waals surface area contributed by atoms with Crippen LogP contribution in [-0.4, -0.2) is 23.1 Å². The largest absolute Gasteiger partial charge is 0.445 e. The van der Waals surface area contributed by atoms with Crippen molar-refractivity contribution >= 4 is 17.7 Å². The second-order valence-electron chi connectivity index (χ2n) is 6.48. The number of aliphatic hydroxyl groups is 1. The fourth-order valence-corrected chi connectivity index (χ4v) is 2.64. The molecule has 150 valence electrons. The Balaban J connectivity index is 2.05. The molecule has 3 N–H and O–H groups in total. The van der Waals surface area contributed by atoms with E-state index in [0.29, 0.717) is 6.42 Å². The van der Waals surface area contributed by atoms with Crippen LogP contribution in [0.25, 0.3) is 0 Å². The lowest BCUT2D eigenvalue weighted by atomic mass is 9.98. The predicted molar refractivity (Wildman–Crippen MR) is 104 cm³/mol. The second kappa shape index (κ2) is 10.4. The van der Waals surface area contributed by atoms with E-state index in [1.165, 1.54) is 18.2 Å². The van der Waals surface area contributed by atoms with Gasteiger partial charge in [0.25, 0.3) is 0 Å². The Morgan fingerprint density at radius 2 is 1.86 bits per heavy atom. The first-order chi connectivity index (χ1) is 13.5. The number of rotatable bonds is 8. The summed E-state index contributed by atoms with van der Waals surface area (Å²) < 4.78 is 19.0. The Bertz CT molecular complexity index is 798. The van der Waals surface area contributed by atoms with Crippen LogP contribution in [0.1, 0.15) is 31.4 Å². The van der Waals surface area contributed by atoms with Crippen molar-refractivity contribution in [2.75, 3.05) is 5.32 Å². The van der Waals surface area contributed by atoms with Gasteiger partial charge in [0.05, 0.1) is 6.61 Å². The van der Waals surface area contributed by atoms with Gasteiger partial charge in [0, 0.05) is 11.3 Å². The van der Waals surface area contributed by atoms with Crippen LogP contribution in [0, 0.1) is 11.7 Å². The number of carbonyl (C=O) groups is 2. The van der Waals surface area contributed by atoms with Gasteiger partial charge < -0.3 is 20.5 Å². The molecule has 0 saturated carbocycles. The Hall–Kier alpha value is -2.93. The summed E-state index contributed by atoms with van der Waals surface area (Å²) in [4.78, 5) is 24.9. The molecule has 2 aromatic carbocycles. The van der Waals surface area contributed by atoms with E-state index in [9.17, 15) is 19.1 Å². The van der Waals surface area contributed by atoms with Gasteiger partial charge in [-0.2, -0.15) is 0 Å². The molecule has 0 fully saturated rings. The molecule has 2 atom stereocenters. The van der Waals surface area contributed by atoms with Gasteiger partial charge in [-0.1, -0.05) is 56.7 Å². The van der Waals surface area contributed by atoms with Crippen molar-refractivity contribution in [1.82, 2.24) is 5.32 Å². The smallest absolute Gasteiger partial charge is 0.408 e. The zero-order valence-electron chi connectivity index (χ0n) is 15.9. The molecule has 28 heavy (non-hydrogen) atoms. The van der Waals surface area contributed by atoms with Gasteiger partial charge in [-0.25, -0.2) is 9.18 Å². The molecule has 6 nitrogen and oxygen atoms in total. The zero-order chi connectivity index (χ0) is 20.5. The van der Waals surface area contributed by atoms with Crippen LogP contribution in [0.5, 0.6) is 0 Å². The number of alkyl carbamates (subject to hydrolysis) is 1. The number of hydrogen-bond acceptors (Lipinski definition) is 4. The highest BCUT2D eigenvalue weighted by molar-refractivity contribution is 5.97. The first kappa shape index (κ1) is 21.4. The fraction of sp³-hybridized carbons (Fsp3) is 0.333. The van der Waals surface area contributed by atoms with Crippen LogP contribution in [0.2, 0.25) is 0 Å². The Labute approximate surface area is 163 Å². The molecule has 7 heteroatoms. The van der Waals surface area contributed by atoms with Crippen LogP contribution in [0.15, 0.2) is 48.5 Å². The number of nitrogens with one attached hydrogen (secondary N) is 2. The van der Waals surface area contributed by atoms with Gasteiger partial charge in [-0.05, 0) is 23.6 Å². The molecule has 0 aliphatic carbocycles. The van der Waals surface area contributed by atoms with E-state index in [-0.39, 0.29) is 23.8 Å². The van der Waals surface area contributed by atoms with Crippen LogP contribution < -0.4 is 10.6 Å². The number of halogens is 1. The summed E-state index contributed by atoms with van der Waals surface area (Å²) in [6, 6.07) is 12.4. The Morgan fingerprint density at radius 3 is 2.50 bits per heavy atom. The maximum Gasteiger partial charge on any atom is 0.408 e. The zero-order valence-corrected chi connectivity index (χ0v) is 15.9. The van der Waals surface area contributed by atoms with Gasteiger partial charge >= 0.3 is 6.09 Å². The fourth-order valence-electron chi connectivity index (χ4n) is 2.64. The number of amides is 2. The minimum absolute atomic E-state index is 0.00888. The van der Waals surface area contributed by atoms with Gasteiger partial charge in [0.1, 0.15) is 18.5 Å². The molecule has 0 heterocycles. The Kier molecular flexibility index (Phi) is 7.95. The van der Waals surface area contributed by atoms with Gasteiger partial charge in [-0.3, -0.25) is 4.79 Å². The highest BCUT2D eigenvalue weighted by Crippen LogP contribution is 2.20. The van der Waals surface area contributed by atoms with Crippen LogP contribution in [0.3, 0.4) is 0 Å². The van der Waals surface area contributed by atoms with Gasteiger partial charge in [0.15, 0.2) is 0 Å². The normalized spacial score (nSPS) is 12.7. The molecular weight excluding hydrogens is 363 g/mol. The van der Waals surface area contributed by atoms with Crippen LogP contribution in [-0.2, 0) is 22.7 Å². The highest BCUT2D eigenvalue weighted by Gasteiger charge is 2.27. The lowest BCUT2D eigenvalue weighted by Gasteiger charge is -2.24. The molecule has 0 aliphatic rings. The van der Waals surface area contributed by atoms with Crippen molar-refractivity contribution in [2.24, 2.45) is 5.92 Å². The molecule has 0 aromatic heterocycles. The van der Waals surface area contributed by atoms with Crippen LogP contribution in [0.4, 0.5) is 14.9 Å². The maximum atomic E-state index is 13.8. The first-order valence-electron chi connectivity index (χ1n) is 9.12. The van der Waals surface area contributed by atoms with Crippen molar-refractivity contribution in [3.05, 3.63) is 65.5 Å². The molecule has 0 spiro atoms. The standard InChI is InChI=1S/C21H25FN2O4/c1-3-14(2)19(24-21(27)28-13-15-8-5-4-6-9-15)20(26)23-18-11-7-10-17(22)16(18)12-25/h4-11,14,19,25H,3,12-13H2,1-2H3,(H,23,26)(H,24,27)/t14-,19-/m0/s1. The summed E-state index contributed by atoms with van der Waals surface area (Å²) in [7, 11) is 0. The van der Waals surface area contributed by atoms with E-state index in [1.54, 1.807) is 0 Å². The third kappa shape index (κ3) is 5.79. The van der Waals surface area contributed by atoms with E-state index in [1.807, 2.05) is 44.2 Å². The molecule has 2 rings (SSSR count). The molecule has 0 saturated heterocycles. The number of benzene rings is 2. The van der Waals surface area contributed by atoms with E-state index >= 15 is 0 Å². The van der Waals surface area contributed by atoms with Gasteiger partial charge in [-0.15, -0.1) is 0 Å². The van der Waals surface area contributed by atoms with Crippen molar-refractivity contribution in [2.45, 2.75) is 39.5 Å². The van der Waals surface area contributed by atoms with E-state index in [0.717, 1.165) is 5.56 Å². The summed E-state index contributed by atoms with van der Waals surface area (Å²) in [5.74, 6) is -1.31. The van der Waals surface area contributed by atoms with Crippen molar-refractivity contribution in [3.63, 3.8) is 0 Å². The van der Waals surface area contributed by atoms with Crippen LogP contribution >= 0.6 is 0 Å². The lowest BCUT2D eigenvalue weighted by molar-refractivity contribution is -0.119. The number of aliphatic hydroxyl groups excluding tert-OH is 1. The minimum Gasteiger partial charge on any atom is -0.445 e. The maximum absolute atomic E-state index is 13.8. The number of hydrogen-bond donors (Lipinski definition) is 3. The minimum atomic E-state index is -0.872. The van der Waals surface area contributed by atoms with Crippen molar-refractivity contribution in [1.29, 1.82) is 0 Å². The quantitative estimate of drug-likeness (QED) is 0.645. The third-order valence-electron chi connectivity index (χ3n) is 4.52. The lowest BCUT2D eigenvalue weighted by Crippen LogP contribution is -2.48. The predicted octanol–water partition coefficient (Wildman–Crippen LogP) is 3.60. The topological polar surface area (TPSA) is 87.7 Å². The summed E-state index contributed by atoms with van der Waals surface area (Å²) in [6.07, 6.45) is -0.0847. The van der Waals surface area contributed by atoms with Crippen molar-refractivity contribution < 1.29 is 23.8 Å². The monoisotopic (exact) mass is 388 g/mol. The molecule has 0 unspecified atom stereocenters. The number of carbonyl (C=O) groups excluding carboxylic acids is 2. The second-order valence-corrected chi connectivity index (χ2v) is 6.48. The molecular formula is C21H25FN2O4. The van der Waals surface area contributed by atoms with E-state index in [2.05, 4.69) is 10.6 Å². The first-order valence-corrected chi connectivity index (χ1v) is 9.12. The molecule has 2 aromatic rings. The Morgan fingerprint density at radius 1 is 1.14 bits per heavy atom. The number of anilines is 1. The van der Waals surface area contributed by atoms with Gasteiger partial charge in [0.2, 0.25) is 5.91 Å². The SMILES string of the molecule is CC[C@H](C)[C@H](NC(=O)OCc1ccccc1)C(=O)Nc1cccc(F)c1CO. The molecule has 2 amide bonds. The molecule has 0 radical (unpaired) electrons. The molecule has 0 aliphatic heterocycles.